The molecule has 11 heavy (non-hydrogen) atoms. The van der Waals surface area contributed by atoms with Gasteiger partial charge in [-0.25, -0.2) is 0 Å². The molecule has 1 unspecified atom stereocenters. The van der Waals surface area contributed by atoms with Crippen molar-refractivity contribution in [2.75, 3.05) is 19.7 Å². The summed E-state index contributed by atoms with van der Waals surface area (Å²) in [5.74, 6) is -0.253. The lowest BCUT2D eigenvalue weighted by Gasteiger charge is -2.16. The maximum absolute atomic E-state index is 11.1. The molecule has 0 aromatic carbocycles. The average Bonchev–Trinajstić information content (AvgIpc) is 2.07. The fraction of sp³-hybridized carbons (Fsp3) is 0.714. The number of ether oxygens (including phenoxy) is 1. The molecule has 0 aromatic heterocycles. The van der Waals surface area contributed by atoms with Crippen LogP contribution in [0.2, 0.25) is 0 Å². The lowest BCUT2D eigenvalue weighted by molar-refractivity contribution is -0.147. The Morgan fingerprint density at radius 2 is 2.73 bits per heavy atom. The van der Waals surface area contributed by atoms with Crippen molar-refractivity contribution >= 4 is 12.3 Å². The van der Waals surface area contributed by atoms with Gasteiger partial charge in [0.2, 0.25) is 0 Å². The largest absolute Gasteiger partial charge is 0.466 e. The summed E-state index contributed by atoms with van der Waals surface area (Å²) in [6, 6.07) is 0. The van der Waals surface area contributed by atoms with Crippen LogP contribution in [0.1, 0.15) is 6.92 Å². The summed E-state index contributed by atoms with van der Waals surface area (Å²) < 4.78 is 4.83. The highest BCUT2D eigenvalue weighted by Gasteiger charge is 2.19. The maximum Gasteiger partial charge on any atom is 0.312 e. The van der Waals surface area contributed by atoms with Gasteiger partial charge < -0.3 is 10.1 Å². The minimum absolute atomic E-state index is 0.0973. The summed E-state index contributed by atoms with van der Waals surface area (Å²) in [6.07, 6.45) is 1.62. The number of hydrogen-bond acceptors (Lipinski definition) is 4. The first-order chi connectivity index (χ1) is 5.34. The summed E-state index contributed by atoms with van der Waals surface area (Å²) >= 11 is 0. The van der Waals surface area contributed by atoms with Gasteiger partial charge in [-0.3, -0.25) is 9.79 Å². The Kier molecular flexibility index (Phi) is 2.89. The van der Waals surface area contributed by atoms with Gasteiger partial charge in [-0.05, 0) is 6.92 Å². The predicted molar refractivity (Wildman–Crippen MR) is 41.5 cm³/mol. The Balaban J connectivity index is 2.34. The normalized spacial score (nSPS) is 22.5. The second kappa shape index (κ2) is 3.95. The standard InChI is InChI=1S/C7H12N2O2/c1-2-11-7(10)6-3-8-5-9-4-6/h5-6H,2-4H2,1H3,(H,8,9). The molecule has 1 heterocycles. The Bertz CT molecular complexity index is 168. The zero-order valence-electron chi connectivity index (χ0n) is 6.54. The third-order valence-corrected chi connectivity index (χ3v) is 1.49. The van der Waals surface area contributed by atoms with Crippen molar-refractivity contribution in [3.05, 3.63) is 0 Å². The lowest BCUT2D eigenvalue weighted by Crippen LogP contribution is -2.34. The Morgan fingerprint density at radius 3 is 3.27 bits per heavy atom. The molecule has 0 bridgehead atoms. The minimum Gasteiger partial charge on any atom is -0.466 e. The fourth-order valence-electron chi connectivity index (χ4n) is 0.922. The van der Waals surface area contributed by atoms with Crippen LogP contribution in [-0.2, 0) is 9.53 Å². The van der Waals surface area contributed by atoms with E-state index in [1.54, 1.807) is 13.3 Å². The number of carbonyl (C=O) groups is 1. The number of aliphatic imine (C=N–C) groups is 1. The number of hydrogen-bond donors (Lipinski definition) is 1. The van der Waals surface area contributed by atoms with Crippen molar-refractivity contribution in [1.82, 2.24) is 5.32 Å². The molecule has 0 radical (unpaired) electrons. The van der Waals surface area contributed by atoms with Gasteiger partial charge in [-0.2, -0.15) is 0 Å². The second-order valence-electron chi connectivity index (χ2n) is 2.35. The van der Waals surface area contributed by atoms with Crippen molar-refractivity contribution in [3.63, 3.8) is 0 Å². The number of carbonyl (C=O) groups excluding carboxylic acids is 1. The lowest BCUT2D eigenvalue weighted by atomic mass is 10.1. The van der Waals surface area contributed by atoms with Crippen LogP contribution in [0, 0.1) is 5.92 Å². The van der Waals surface area contributed by atoms with Crippen molar-refractivity contribution in [1.29, 1.82) is 0 Å². The molecule has 0 aromatic rings. The van der Waals surface area contributed by atoms with Crippen molar-refractivity contribution < 1.29 is 9.53 Å². The van der Waals surface area contributed by atoms with E-state index in [0.717, 1.165) is 0 Å². The molecule has 1 aliphatic rings. The van der Waals surface area contributed by atoms with Gasteiger partial charge in [0.25, 0.3) is 0 Å². The topological polar surface area (TPSA) is 50.7 Å². The summed E-state index contributed by atoms with van der Waals surface area (Å²) in [6.45, 7) is 3.44. The molecule has 0 fully saturated rings. The highest BCUT2D eigenvalue weighted by molar-refractivity contribution is 5.74. The fourth-order valence-corrected chi connectivity index (χ4v) is 0.922. The van der Waals surface area contributed by atoms with Crippen LogP contribution in [-0.4, -0.2) is 32.0 Å². The number of nitrogens with one attached hydrogen (secondary N) is 1. The molecule has 0 saturated heterocycles. The average molecular weight is 156 g/mol. The molecule has 4 heteroatoms. The van der Waals surface area contributed by atoms with E-state index in [0.29, 0.717) is 19.7 Å². The molecule has 1 atom stereocenters. The molecule has 0 aliphatic carbocycles. The molecular formula is C7H12N2O2. The number of rotatable bonds is 2. The Hall–Kier alpha value is -1.06. The molecule has 1 aliphatic heterocycles. The zero-order chi connectivity index (χ0) is 8.10. The summed E-state index contributed by atoms with van der Waals surface area (Å²) in [5, 5.41) is 2.88. The van der Waals surface area contributed by atoms with Crippen LogP contribution in [0.25, 0.3) is 0 Å². The first-order valence-corrected chi connectivity index (χ1v) is 3.73. The van der Waals surface area contributed by atoms with Crippen LogP contribution >= 0.6 is 0 Å². The van der Waals surface area contributed by atoms with Gasteiger partial charge in [-0.1, -0.05) is 0 Å². The molecule has 0 saturated carbocycles. The molecule has 62 valence electrons. The van der Waals surface area contributed by atoms with Crippen LogP contribution in [0.15, 0.2) is 4.99 Å². The van der Waals surface area contributed by atoms with Gasteiger partial charge in [-0.15, -0.1) is 0 Å². The Morgan fingerprint density at radius 1 is 1.91 bits per heavy atom. The van der Waals surface area contributed by atoms with Crippen molar-refractivity contribution in [2.45, 2.75) is 6.92 Å². The molecule has 1 rings (SSSR count). The van der Waals surface area contributed by atoms with Gasteiger partial charge in [0.15, 0.2) is 0 Å². The maximum atomic E-state index is 11.1. The Labute approximate surface area is 65.6 Å². The third-order valence-electron chi connectivity index (χ3n) is 1.49. The smallest absolute Gasteiger partial charge is 0.312 e. The summed E-state index contributed by atoms with van der Waals surface area (Å²) in [7, 11) is 0. The second-order valence-corrected chi connectivity index (χ2v) is 2.35. The first kappa shape index (κ1) is 8.04. The third kappa shape index (κ3) is 2.22. The number of nitrogens with zero attached hydrogens (tertiary/aromatic N) is 1. The summed E-state index contributed by atoms with van der Waals surface area (Å²) in [5.41, 5.74) is 0. The van der Waals surface area contributed by atoms with Gasteiger partial charge in [0.05, 0.1) is 25.4 Å². The number of esters is 1. The van der Waals surface area contributed by atoms with Crippen LogP contribution in [0.4, 0.5) is 0 Å². The molecular weight excluding hydrogens is 144 g/mol. The van der Waals surface area contributed by atoms with Crippen LogP contribution in [0.3, 0.4) is 0 Å². The molecule has 0 spiro atoms. The van der Waals surface area contributed by atoms with E-state index >= 15 is 0 Å². The van der Waals surface area contributed by atoms with Crippen molar-refractivity contribution in [3.8, 4) is 0 Å². The SMILES string of the molecule is CCOC(=O)C1CN=CNC1. The molecule has 4 nitrogen and oxygen atoms in total. The quantitative estimate of drug-likeness (QED) is 0.563. The highest BCUT2D eigenvalue weighted by Crippen LogP contribution is 2.01. The van der Waals surface area contributed by atoms with Gasteiger partial charge in [0.1, 0.15) is 0 Å². The van der Waals surface area contributed by atoms with E-state index in [-0.39, 0.29) is 11.9 Å². The van der Waals surface area contributed by atoms with Crippen LogP contribution in [0.5, 0.6) is 0 Å². The van der Waals surface area contributed by atoms with E-state index in [1.807, 2.05) is 0 Å². The predicted octanol–water partition coefficient (Wildman–Crippen LogP) is -0.203. The molecule has 0 amide bonds. The van der Waals surface area contributed by atoms with Crippen LogP contribution < -0.4 is 5.32 Å². The van der Waals surface area contributed by atoms with E-state index in [9.17, 15) is 4.79 Å². The van der Waals surface area contributed by atoms with E-state index in [2.05, 4.69) is 10.3 Å². The monoisotopic (exact) mass is 156 g/mol. The van der Waals surface area contributed by atoms with E-state index in [1.165, 1.54) is 0 Å². The van der Waals surface area contributed by atoms with E-state index in [4.69, 9.17) is 4.74 Å². The van der Waals surface area contributed by atoms with Gasteiger partial charge in [0, 0.05) is 6.54 Å². The zero-order valence-corrected chi connectivity index (χ0v) is 6.54. The van der Waals surface area contributed by atoms with Gasteiger partial charge >= 0.3 is 5.97 Å². The minimum atomic E-state index is -0.156. The first-order valence-electron chi connectivity index (χ1n) is 3.73. The highest BCUT2D eigenvalue weighted by atomic mass is 16.5. The van der Waals surface area contributed by atoms with E-state index < -0.39 is 0 Å². The van der Waals surface area contributed by atoms with Crippen molar-refractivity contribution in [2.24, 2.45) is 10.9 Å². The summed E-state index contributed by atoms with van der Waals surface area (Å²) in [4.78, 5) is 15.0. The molecule has 1 N–H and O–H groups in total.